The Balaban J connectivity index is 1.78. The summed E-state index contributed by atoms with van der Waals surface area (Å²) in [5.74, 6) is 0.107. The Morgan fingerprint density at radius 1 is 1.29 bits per heavy atom. The smallest absolute Gasteiger partial charge is 0.322 e. The van der Waals surface area contributed by atoms with Crippen LogP contribution in [0.1, 0.15) is 51.0 Å². The first-order valence-electron chi connectivity index (χ1n) is 11.1. The number of carboxylic acids is 1. The maximum atomic E-state index is 12.0. The number of sulfonamides is 1. The van der Waals surface area contributed by atoms with Gasteiger partial charge in [-0.25, -0.2) is 13.1 Å². The molecule has 1 saturated heterocycles. The molecule has 1 heterocycles. The number of hydrogen-bond donors (Lipinski definition) is 3. The molecule has 9 heteroatoms. The molecule has 0 aliphatic carbocycles. The van der Waals surface area contributed by atoms with Gasteiger partial charge in [-0.05, 0) is 75.2 Å². The molecular formula is C22H35ClN2O5S. The van der Waals surface area contributed by atoms with E-state index in [-0.39, 0.29) is 17.6 Å². The lowest BCUT2D eigenvalue weighted by molar-refractivity contribution is -0.138. The Bertz CT molecular complexity index is 767. The average Bonchev–Trinajstić information content (AvgIpc) is 2.73. The van der Waals surface area contributed by atoms with E-state index in [1.54, 1.807) is 24.3 Å². The largest absolute Gasteiger partial charge is 0.494 e. The van der Waals surface area contributed by atoms with Crippen LogP contribution < -0.4 is 14.8 Å². The molecule has 0 bridgehead atoms. The fourth-order valence-corrected chi connectivity index (χ4v) is 5.39. The number of carbonyl (C=O) groups is 1. The second-order valence-corrected chi connectivity index (χ2v) is 10.7. The van der Waals surface area contributed by atoms with Crippen molar-refractivity contribution in [1.29, 1.82) is 0 Å². The second kappa shape index (κ2) is 13.3. The second-order valence-electron chi connectivity index (χ2n) is 8.19. The van der Waals surface area contributed by atoms with Gasteiger partial charge in [-0.15, -0.1) is 11.6 Å². The molecular weight excluding hydrogens is 440 g/mol. The van der Waals surface area contributed by atoms with E-state index in [0.29, 0.717) is 24.7 Å². The Morgan fingerprint density at radius 3 is 2.58 bits per heavy atom. The Morgan fingerprint density at radius 2 is 1.97 bits per heavy atom. The van der Waals surface area contributed by atoms with Crippen molar-refractivity contribution >= 4 is 27.6 Å². The highest BCUT2D eigenvalue weighted by Gasteiger charge is 2.24. The monoisotopic (exact) mass is 474 g/mol. The fourth-order valence-electron chi connectivity index (χ4n) is 3.65. The summed E-state index contributed by atoms with van der Waals surface area (Å²) in [6.07, 6.45) is 5.43. The molecule has 31 heavy (non-hydrogen) atoms. The number of aliphatic carboxylic acids is 1. The summed E-state index contributed by atoms with van der Waals surface area (Å²) in [6, 6.07) is 5.88. The van der Waals surface area contributed by atoms with Crippen LogP contribution in [0.5, 0.6) is 5.75 Å². The molecule has 7 nitrogen and oxygen atoms in total. The van der Waals surface area contributed by atoms with Gasteiger partial charge in [0.1, 0.15) is 11.8 Å². The van der Waals surface area contributed by atoms with Crippen LogP contribution in [0.2, 0.25) is 0 Å². The third kappa shape index (κ3) is 10.2. The number of rotatable bonds is 14. The minimum Gasteiger partial charge on any atom is -0.494 e. The van der Waals surface area contributed by atoms with Gasteiger partial charge >= 0.3 is 5.97 Å². The van der Waals surface area contributed by atoms with E-state index in [1.165, 1.54) is 12.8 Å². The number of carboxylic acid groups (broad SMARTS) is 1. The van der Waals surface area contributed by atoms with Crippen LogP contribution in [0, 0.1) is 5.92 Å². The van der Waals surface area contributed by atoms with Gasteiger partial charge in [0.15, 0.2) is 0 Å². The van der Waals surface area contributed by atoms with Crippen molar-refractivity contribution in [3.63, 3.8) is 0 Å². The van der Waals surface area contributed by atoms with E-state index in [9.17, 15) is 18.3 Å². The van der Waals surface area contributed by atoms with E-state index in [0.717, 1.165) is 37.9 Å². The zero-order valence-electron chi connectivity index (χ0n) is 18.2. The molecule has 1 aromatic carbocycles. The van der Waals surface area contributed by atoms with Crippen molar-refractivity contribution < 1.29 is 23.1 Å². The third-order valence-corrected chi connectivity index (χ3v) is 7.36. The summed E-state index contributed by atoms with van der Waals surface area (Å²) >= 11 is 6.46. The minimum absolute atomic E-state index is 0.0702. The van der Waals surface area contributed by atoms with Gasteiger partial charge in [0.05, 0.1) is 12.4 Å². The quantitative estimate of drug-likeness (QED) is 0.358. The molecule has 3 N–H and O–H groups in total. The van der Waals surface area contributed by atoms with Gasteiger partial charge < -0.3 is 15.2 Å². The summed E-state index contributed by atoms with van der Waals surface area (Å²) in [7, 11) is -3.62. The summed E-state index contributed by atoms with van der Waals surface area (Å²) in [6.45, 7) is 4.54. The highest BCUT2D eigenvalue weighted by atomic mass is 35.5. The van der Waals surface area contributed by atoms with Crippen LogP contribution in [0.4, 0.5) is 0 Å². The maximum Gasteiger partial charge on any atom is 0.322 e. The van der Waals surface area contributed by atoms with Gasteiger partial charge in [-0.3, -0.25) is 4.79 Å². The summed E-state index contributed by atoms with van der Waals surface area (Å²) in [5.41, 5.74) is 0.721. The Hall–Kier alpha value is -1.35. The molecule has 1 aliphatic heterocycles. The molecule has 2 atom stereocenters. The van der Waals surface area contributed by atoms with Crippen molar-refractivity contribution in [2.75, 3.05) is 25.4 Å². The molecule has 0 spiro atoms. The highest BCUT2D eigenvalue weighted by Crippen LogP contribution is 2.23. The van der Waals surface area contributed by atoms with E-state index < -0.39 is 22.0 Å². The van der Waals surface area contributed by atoms with Crippen LogP contribution in [-0.4, -0.2) is 56.4 Å². The average molecular weight is 475 g/mol. The zero-order chi connectivity index (χ0) is 22.7. The number of hydrogen-bond acceptors (Lipinski definition) is 5. The van der Waals surface area contributed by atoms with Crippen molar-refractivity contribution in [2.24, 2.45) is 5.92 Å². The lowest BCUT2D eigenvalue weighted by atomic mass is 9.92. The minimum atomic E-state index is -3.62. The van der Waals surface area contributed by atoms with E-state index >= 15 is 0 Å². The van der Waals surface area contributed by atoms with Gasteiger partial charge in [0.25, 0.3) is 0 Å². The fraction of sp³-hybridized carbons (Fsp3) is 0.682. The molecule has 1 aromatic rings. The van der Waals surface area contributed by atoms with Crippen LogP contribution in [0.3, 0.4) is 0 Å². The molecule has 0 amide bonds. The molecule has 0 aromatic heterocycles. The maximum absolute atomic E-state index is 12.0. The lowest BCUT2D eigenvalue weighted by Crippen LogP contribution is -2.43. The van der Waals surface area contributed by atoms with Crippen LogP contribution in [-0.2, 0) is 21.2 Å². The predicted molar refractivity (Wildman–Crippen MR) is 123 cm³/mol. The molecule has 2 rings (SSSR count). The first kappa shape index (κ1) is 25.9. The van der Waals surface area contributed by atoms with Crippen LogP contribution in [0.15, 0.2) is 24.3 Å². The van der Waals surface area contributed by atoms with Crippen molar-refractivity contribution in [3.05, 3.63) is 29.8 Å². The van der Waals surface area contributed by atoms with Crippen molar-refractivity contribution in [3.8, 4) is 5.75 Å². The third-order valence-electron chi connectivity index (χ3n) is 5.50. The highest BCUT2D eigenvalue weighted by molar-refractivity contribution is 7.89. The van der Waals surface area contributed by atoms with Crippen molar-refractivity contribution in [1.82, 2.24) is 10.0 Å². The predicted octanol–water partition coefficient (Wildman–Crippen LogP) is 3.17. The Labute approximate surface area is 190 Å². The molecule has 1 aliphatic rings. The number of halogens is 1. The number of alkyl halides is 1. The number of benzene rings is 1. The van der Waals surface area contributed by atoms with Gasteiger partial charge in [-0.1, -0.05) is 25.5 Å². The number of unbranched alkanes of at least 4 members (excludes halogenated alkanes) is 1. The van der Waals surface area contributed by atoms with Gasteiger partial charge in [0.2, 0.25) is 10.0 Å². The standard InChI is InChI=1S/C22H35ClN2O5S/c1-2-3-14-31(28,29)25-21(22(26)27)16-17-4-6-20(7-5-17)30-13-10-19(23)15-18-8-11-24-12-9-18/h4-7,18-19,21,24-25H,2-3,8-16H2,1H3,(H,26,27)/t19?,21-/m0/s1. The van der Waals surface area contributed by atoms with E-state index in [2.05, 4.69) is 10.0 Å². The number of piperidine rings is 1. The summed E-state index contributed by atoms with van der Waals surface area (Å²) in [5, 5.41) is 12.9. The van der Waals surface area contributed by atoms with E-state index in [1.807, 2.05) is 6.92 Å². The summed E-state index contributed by atoms with van der Waals surface area (Å²) < 4.78 is 32.1. The Kier molecular flexibility index (Phi) is 11.1. The topological polar surface area (TPSA) is 105 Å². The first-order chi connectivity index (χ1) is 14.8. The molecule has 1 fully saturated rings. The van der Waals surface area contributed by atoms with Crippen molar-refractivity contribution in [2.45, 2.75) is 63.3 Å². The number of ether oxygens (including phenoxy) is 1. The SMILES string of the molecule is CCCCS(=O)(=O)N[C@@H](Cc1ccc(OCCC(Cl)CC2CCNCC2)cc1)C(=O)O. The molecule has 0 radical (unpaired) electrons. The molecule has 1 unspecified atom stereocenters. The van der Waals surface area contributed by atoms with Crippen LogP contribution in [0.25, 0.3) is 0 Å². The van der Waals surface area contributed by atoms with Crippen LogP contribution >= 0.6 is 11.6 Å². The normalized spacial score (nSPS) is 17.2. The lowest BCUT2D eigenvalue weighted by Gasteiger charge is -2.24. The molecule has 0 saturated carbocycles. The first-order valence-corrected chi connectivity index (χ1v) is 13.2. The van der Waals surface area contributed by atoms with E-state index in [4.69, 9.17) is 16.3 Å². The molecule has 176 valence electrons. The zero-order valence-corrected chi connectivity index (χ0v) is 19.8. The summed E-state index contributed by atoms with van der Waals surface area (Å²) in [4.78, 5) is 11.5. The number of nitrogens with one attached hydrogen (secondary N) is 2. The van der Waals surface area contributed by atoms with Gasteiger partial charge in [0, 0.05) is 5.38 Å². The van der Waals surface area contributed by atoms with Gasteiger partial charge in [-0.2, -0.15) is 0 Å².